The normalized spacial score (nSPS) is 10.2. The van der Waals surface area contributed by atoms with Crippen molar-refractivity contribution in [1.29, 1.82) is 0 Å². The quantitative estimate of drug-likeness (QED) is 0.856. The van der Waals surface area contributed by atoms with E-state index in [9.17, 15) is 9.59 Å². The number of carbonyl (C=O) groups is 2. The van der Waals surface area contributed by atoms with Gasteiger partial charge >= 0.3 is 0 Å². The minimum atomic E-state index is -0.171. The van der Waals surface area contributed by atoms with Crippen LogP contribution in [0.15, 0.2) is 48.5 Å². The molecular weight excluding hydrogens is 308 g/mol. The molecule has 0 radical (unpaired) electrons. The third-order valence-electron chi connectivity index (χ3n) is 3.22. The summed E-state index contributed by atoms with van der Waals surface area (Å²) in [6.07, 6.45) is 0. The highest BCUT2D eigenvalue weighted by Crippen LogP contribution is 2.15. The number of aryl methyl sites for hydroxylation is 1. The number of hydrogen-bond acceptors (Lipinski definition) is 3. The first-order valence-electron chi connectivity index (χ1n) is 7.34. The summed E-state index contributed by atoms with van der Waals surface area (Å²) < 4.78 is 0. The molecule has 23 heavy (non-hydrogen) atoms. The predicted octanol–water partition coefficient (Wildman–Crippen LogP) is 3.23. The third kappa shape index (κ3) is 5.45. The van der Waals surface area contributed by atoms with Crippen molar-refractivity contribution in [1.82, 2.24) is 5.32 Å². The lowest BCUT2D eigenvalue weighted by Gasteiger charge is -2.07. The number of rotatable bonds is 6. The fourth-order valence-electron chi connectivity index (χ4n) is 2.14. The summed E-state index contributed by atoms with van der Waals surface area (Å²) in [4.78, 5) is 23.6. The largest absolute Gasteiger partial charge is 0.355 e. The van der Waals surface area contributed by atoms with Crippen LogP contribution >= 0.6 is 11.8 Å². The molecule has 2 aromatic rings. The number of nitrogens with one attached hydrogen (secondary N) is 2. The molecule has 120 valence electrons. The zero-order valence-electron chi connectivity index (χ0n) is 13.3. The van der Waals surface area contributed by atoms with E-state index < -0.39 is 0 Å². The molecule has 0 unspecified atom stereocenters. The Bertz CT molecular complexity index is 701. The van der Waals surface area contributed by atoms with Crippen LogP contribution < -0.4 is 10.6 Å². The van der Waals surface area contributed by atoms with Gasteiger partial charge in [0, 0.05) is 24.1 Å². The fraction of sp³-hybridized carbons (Fsp3) is 0.222. The maximum atomic E-state index is 12.0. The average molecular weight is 328 g/mol. The van der Waals surface area contributed by atoms with Crippen molar-refractivity contribution < 1.29 is 9.59 Å². The van der Waals surface area contributed by atoms with Gasteiger partial charge in [-0.05, 0) is 30.7 Å². The first kappa shape index (κ1) is 17.1. The Kier molecular flexibility index (Phi) is 6.23. The molecule has 5 heteroatoms. The van der Waals surface area contributed by atoms with Crippen LogP contribution in [-0.2, 0) is 10.5 Å². The van der Waals surface area contributed by atoms with E-state index in [1.165, 1.54) is 11.1 Å². The number of amides is 2. The van der Waals surface area contributed by atoms with E-state index in [1.807, 2.05) is 6.07 Å². The van der Waals surface area contributed by atoms with E-state index in [2.05, 4.69) is 35.8 Å². The maximum absolute atomic E-state index is 12.0. The Balaban J connectivity index is 1.84. The molecular formula is C18H20N2O2S. The molecule has 2 rings (SSSR count). The van der Waals surface area contributed by atoms with Crippen molar-refractivity contribution in [3.63, 3.8) is 0 Å². The summed E-state index contributed by atoms with van der Waals surface area (Å²) >= 11 is 1.57. The second kappa shape index (κ2) is 8.39. The molecule has 2 amide bonds. The van der Waals surface area contributed by atoms with Gasteiger partial charge in [0.05, 0.1) is 5.75 Å². The van der Waals surface area contributed by atoms with E-state index in [0.29, 0.717) is 17.0 Å². The van der Waals surface area contributed by atoms with Crippen LogP contribution in [0.3, 0.4) is 0 Å². The Morgan fingerprint density at radius 3 is 2.61 bits per heavy atom. The highest BCUT2D eigenvalue weighted by Gasteiger charge is 2.07. The van der Waals surface area contributed by atoms with Crippen LogP contribution in [-0.4, -0.2) is 24.6 Å². The summed E-state index contributed by atoms with van der Waals surface area (Å²) in [5, 5.41) is 5.38. The van der Waals surface area contributed by atoms with Gasteiger partial charge in [-0.1, -0.05) is 35.9 Å². The van der Waals surface area contributed by atoms with E-state index in [1.54, 1.807) is 43.1 Å². The van der Waals surface area contributed by atoms with Crippen LogP contribution in [0.4, 0.5) is 5.69 Å². The molecule has 0 atom stereocenters. The Morgan fingerprint density at radius 1 is 1.09 bits per heavy atom. The number of hydrogen-bond donors (Lipinski definition) is 2. The van der Waals surface area contributed by atoms with Gasteiger partial charge in [0.1, 0.15) is 0 Å². The maximum Gasteiger partial charge on any atom is 0.251 e. The zero-order chi connectivity index (χ0) is 16.7. The molecule has 0 aliphatic heterocycles. The number of carbonyl (C=O) groups excluding carboxylic acids is 2. The first-order chi connectivity index (χ1) is 11.1. The molecule has 0 saturated carbocycles. The second-order valence-electron chi connectivity index (χ2n) is 5.19. The van der Waals surface area contributed by atoms with Gasteiger partial charge in [-0.15, -0.1) is 11.8 Å². The molecule has 0 saturated heterocycles. The molecule has 4 nitrogen and oxygen atoms in total. The molecule has 0 spiro atoms. The lowest BCUT2D eigenvalue weighted by atomic mass is 10.2. The highest BCUT2D eigenvalue weighted by molar-refractivity contribution is 7.99. The van der Waals surface area contributed by atoms with Gasteiger partial charge in [-0.25, -0.2) is 0 Å². The van der Waals surface area contributed by atoms with E-state index in [0.717, 1.165) is 5.75 Å². The molecule has 2 N–H and O–H groups in total. The van der Waals surface area contributed by atoms with E-state index in [4.69, 9.17) is 0 Å². The fourth-order valence-corrected chi connectivity index (χ4v) is 2.92. The zero-order valence-corrected chi connectivity index (χ0v) is 14.1. The molecule has 2 aromatic carbocycles. The average Bonchev–Trinajstić information content (AvgIpc) is 2.54. The summed E-state index contributed by atoms with van der Waals surface area (Å²) in [6, 6.07) is 15.2. The predicted molar refractivity (Wildman–Crippen MR) is 95.8 cm³/mol. The molecule has 0 fully saturated rings. The van der Waals surface area contributed by atoms with Crippen molar-refractivity contribution in [2.75, 3.05) is 18.1 Å². The van der Waals surface area contributed by atoms with Crippen molar-refractivity contribution in [2.24, 2.45) is 0 Å². The monoisotopic (exact) mass is 328 g/mol. The molecule has 0 aliphatic carbocycles. The van der Waals surface area contributed by atoms with Crippen LogP contribution in [0.1, 0.15) is 21.5 Å². The Hall–Kier alpha value is -2.27. The molecule has 0 aliphatic rings. The van der Waals surface area contributed by atoms with Crippen molar-refractivity contribution in [3.8, 4) is 0 Å². The van der Waals surface area contributed by atoms with Crippen molar-refractivity contribution in [3.05, 3.63) is 65.2 Å². The SMILES string of the molecule is CNC(=O)c1cccc(NC(=O)CSCc2cccc(C)c2)c1. The topological polar surface area (TPSA) is 58.2 Å². The van der Waals surface area contributed by atoms with Gasteiger partial charge in [-0.3, -0.25) is 9.59 Å². The van der Waals surface area contributed by atoms with Gasteiger partial charge in [-0.2, -0.15) is 0 Å². The van der Waals surface area contributed by atoms with Gasteiger partial charge < -0.3 is 10.6 Å². The smallest absolute Gasteiger partial charge is 0.251 e. The second-order valence-corrected chi connectivity index (χ2v) is 6.18. The van der Waals surface area contributed by atoms with Crippen molar-refractivity contribution >= 4 is 29.3 Å². The lowest BCUT2D eigenvalue weighted by molar-refractivity contribution is -0.113. The van der Waals surface area contributed by atoms with Gasteiger partial charge in [0.2, 0.25) is 5.91 Å². The van der Waals surface area contributed by atoms with Crippen LogP contribution in [0.5, 0.6) is 0 Å². The Labute approximate surface area is 140 Å². The summed E-state index contributed by atoms with van der Waals surface area (Å²) in [6.45, 7) is 2.06. The molecule has 0 aromatic heterocycles. The van der Waals surface area contributed by atoms with Crippen LogP contribution in [0.2, 0.25) is 0 Å². The van der Waals surface area contributed by atoms with Gasteiger partial charge in [0.15, 0.2) is 0 Å². The lowest BCUT2D eigenvalue weighted by Crippen LogP contribution is -2.19. The van der Waals surface area contributed by atoms with E-state index >= 15 is 0 Å². The minimum Gasteiger partial charge on any atom is -0.355 e. The first-order valence-corrected chi connectivity index (χ1v) is 8.49. The number of anilines is 1. The third-order valence-corrected chi connectivity index (χ3v) is 4.22. The Morgan fingerprint density at radius 2 is 1.87 bits per heavy atom. The van der Waals surface area contributed by atoms with Crippen molar-refractivity contribution in [2.45, 2.75) is 12.7 Å². The number of benzene rings is 2. The standard InChI is InChI=1S/C18H20N2O2S/c1-13-5-3-6-14(9-13)11-23-12-17(21)20-16-8-4-7-15(10-16)18(22)19-2/h3-10H,11-12H2,1-2H3,(H,19,22)(H,20,21). The van der Waals surface area contributed by atoms with E-state index in [-0.39, 0.29) is 11.8 Å². The summed E-state index contributed by atoms with van der Waals surface area (Å²) in [7, 11) is 1.58. The number of thioether (sulfide) groups is 1. The molecule has 0 heterocycles. The van der Waals surface area contributed by atoms with Gasteiger partial charge in [0.25, 0.3) is 5.91 Å². The summed E-state index contributed by atoms with van der Waals surface area (Å²) in [5.74, 6) is 0.928. The highest BCUT2D eigenvalue weighted by atomic mass is 32.2. The van der Waals surface area contributed by atoms with Crippen LogP contribution in [0, 0.1) is 6.92 Å². The molecule has 0 bridgehead atoms. The van der Waals surface area contributed by atoms with Crippen LogP contribution in [0.25, 0.3) is 0 Å². The minimum absolute atomic E-state index is 0.0725. The summed E-state index contributed by atoms with van der Waals surface area (Å²) in [5.41, 5.74) is 3.59.